The van der Waals surface area contributed by atoms with Gasteiger partial charge in [-0.2, -0.15) is 0 Å². The number of hydrogen-bond acceptors (Lipinski definition) is 3. The summed E-state index contributed by atoms with van der Waals surface area (Å²) in [6.07, 6.45) is 3.14. The van der Waals surface area contributed by atoms with E-state index in [1.54, 1.807) is 6.92 Å². The van der Waals surface area contributed by atoms with Crippen molar-refractivity contribution in [2.24, 2.45) is 0 Å². The second-order valence-corrected chi connectivity index (χ2v) is 5.44. The van der Waals surface area contributed by atoms with Crippen molar-refractivity contribution in [2.45, 2.75) is 39.2 Å². The van der Waals surface area contributed by atoms with E-state index in [4.69, 9.17) is 4.52 Å². The fraction of sp³-hybridized carbons (Fsp3) is 0.375. The van der Waals surface area contributed by atoms with Crippen molar-refractivity contribution >= 4 is 11.7 Å². The van der Waals surface area contributed by atoms with E-state index in [1.165, 1.54) is 11.1 Å². The van der Waals surface area contributed by atoms with Crippen LogP contribution in [0.25, 0.3) is 0 Å². The summed E-state index contributed by atoms with van der Waals surface area (Å²) in [4.78, 5) is 12.2. The van der Waals surface area contributed by atoms with E-state index in [9.17, 15) is 4.79 Å². The van der Waals surface area contributed by atoms with Gasteiger partial charge in [-0.3, -0.25) is 0 Å². The van der Waals surface area contributed by atoms with Crippen LogP contribution in [-0.2, 0) is 6.42 Å². The van der Waals surface area contributed by atoms with E-state index in [0.717, 1.165) is 19.3 Å². The molecule has 2 amide bonds. The normalized spacial score (nSPS) is 17.1. The molecule has 0 saturated heterocycles. The molecule has 0 fully saturated rings. The summed E-state index contributed by atoms with van der Waals surface area (Å²) in [6, 6.07) is 8.14. The van der Waals surface area contributed by atoms with Crippen molar-refractivity contribution in [3.8, 4) is 0 Å². The third-order valence-corrected chi connectivity index (χ3v) is 3.95. The summed E-state index contributed by atoms with van der Waals surface area (Å²) in [6.45, 7) is 3.59. The maximum Gasteiger partial charge on any atom is 0.319 e. The van der Waals surface area contributed by atoms with Crippen molar-refractivity contribution < 1.29 is 9.32 Å². The Labute approximate surface area is 123 Å². The van der Waals surface area contributed by atoms with Gasteiger partial charge < -0.3 is 15.2 Å². The number of anilines is 1. The number of benzene rings is 1. The summed E-state index contributed by atoms with van der Waals surface area (Å²) in [7, 11) is 0. The minimum atomic E-state index is -0.217. The van der Waals surface area contributed by atoms with Crippen LogP contribution in [-0.4, -0.2) is 11.2 Å². The zero-order chi connectivity index (χ0) is 14.8. The van der Waals surface area contributed by atoms with Crippen LogP contribution in [0.3, 0.4) is 0 Å². The quantitative estimate of drug-likeness (QED) is 0.887. The molecule has 2 aromatic rings. The molecule has 0 saturated carbocycles. The molecule has 0 spiro atoms. The van der Waals surface area contributed by atoms with Crippen LogP contribution in [0.2, 0.25) is 0 Å². The Balaban J connectivity index is 1.72. The average molecular weight is 285 g/mol. The van der Waals surface area contributed by atoms with Gasteiger partial charge in [0.2, 0.25) is 0 Å². The number of aromatic nitrogens is 1. The fourth-order valence-electron chi connectivity index (χ4n) is 2.87. The van der Waals surface area contributed by atoms with Gasteiger partial charge in [0.05, 0.1) is 6.04 Å². The highest BCUT2D eigenvalue weighted by Gasteiger charge is 2.22. The molecular formula is C16H19N3O2. The van der Waals surface area contributed by atoms with E-state index in [1.807, 2.05) is 19.1 Å². The third kappa shape index (κ3) is 2.77. The molecule has 110 valence electrons. The molecule has 1 aliphatic carbocycles. The van der Waals surface area contributed by atoms with E-state index < -0.39 is 0 Å². The molecule has 1 atom stereocenters. The Morgan fingerprint density at radius 2 is 2.14 bits per heavy atom. The van der Waals surface area contributed by atoms with Crippen LogP contribution in [0.5, 0.6) is 0 Å². The summed E-state index contributed by atoms with van der Waals surface area (Å²) < 4.78 is 5.05. The van der Waals surface area contributed by atoms with Crippen molar-refractivity contribution in [1.29, 1.82) is 0 Å². The lowest BCUT2D eigenvalue weighted by molar-refractivity contribution is 0.247. The number of hydrogen-bond donors (Lipinski definition) is 2. The van der Waals surface area contributed by atoms with Gasteiger partial charge in [0.25, 0.3) is 0 Å². The van der Waals surface area contributed by atoms with Crippen molar-refractivity contribution in [3.63, 3.8) is 0 Å². The molecule has 0 radical (unpaired) electrons. The first kappa shape index (κ1) is 13.7. The number of carbonyl (C=O) groups excluding carboxylic acids is 1. The molecule has 1 aromatic heterocycles. The van der Waals surface area contributed by atoms with Gasteiger partial charge in [0, 0.05) is 0 Å². The Bertz CT molecular complexity index is 644. The first-order valence-electron chi connectivity index (χ1n) is 7.23. The number of rotatable bonds is 2. The topological polar surface area (TPSA) is 67.2 Å². The molecule has 0 bridgehead atoms. The molecule has 5 heteroatoms. The van der Waals surface area contributed by atoms with Crippen LogP contribution >= 0.6 is 0 Å². The van der Waals surface area contributed by atoms with Gasteiger partial charge in [-0.1, -0.05) is 29.4 Å². The number of nitrogens with zero attached hydrogens (tertiary/aromatic N) is 1. The van der Waals surface area contributed by atoms with Gasteiger partial charge in [-0.05, 0) is 44.2 Å². The number of aryl methyl sites for hydroxylation is 3. The maximum absolute atomic E-state index is 12.2. The summed E-state index contributed by atoms with van der Waals surface area (Å²) in [5.74, 6) is 0.617. The highest BCUT2D eigenvalue weighted by atomic mass is 16.5. The number of urea groups is 1. The first-order valence-corrected chi connectivity index (χ1v) is 7.23. The fourth-order valence-corrected chi connectivity index (χ4v) is 2.87. The maximum atomic E-state index is 12.2. The Hall–Kier alpha value is -2.30. The van der Waals surface area contributed by atoms with E-state index in [-0.39, 0.29) is 12.1 Å². The Kier molecular flexibility index (Phi) is 3.64. The van der Waals surface area contributed by atoms with Crippen LogP contribution in [0, 0.1) is 13.8 Å². The largest absolute Gasteiger partial charge is 0.359 e. The van der Waals surface area contributed by atoms with Gasteiger partial charge in [-0.25, -0.2) is 4.79 Å². The summed E-state index contributed by atoms with van der Waals surface area (Å²) in [5, 5.41) is 9.71. The van der Waals surface area contributed by atoms with Crippen LogP contribution < -0.4 is 10.6 Å². The van der Waals surface area contributed by atoms with Crippen molar-refractivity contribution in [2.75, 3.05) is 5.32 Å². The smallest absolute Gasteiger partial charge is 0.319 e. The third-order valence-electron chi connectivity index (χ3n) is 3.95. The zero-order valence-electron chi connectivity index (χ0n) is 12.3. The second-order valence-electron chi connectivity index (χ2n) is 5.44. The second kappa shape index (κ2) is 5.60. The van der Waals surface area contributed by atoms with Crippen molar-refractivity contribution in [1.82, 2.24) is 10.5 Å². The molecule has 5 nitrogen and oxygen atoms in total. The number of amides is 2. The van der Waals surface area contributed by atoms with Crippen molar-refractivity contribution in [3.05, 3.63) is 46.8 Å². The molecule has 1 heterocycles. The van der Waals surface area contributed by atoms with E-state index in [2.05, 4.69) is 27.9 Å². The van der Waals surface area contributed by atoms with Gasteiger partial charge in [-0.15, -0.1) is 0 Å². The molecule has 0 aliphatic heterocycles. The Morgan fingerprint density at radius 1 is 1.33 bits per heavy atom. The Morgan fingerprint density at radius 3 is 2.90 bits per heavy atom. The zero-order valence-corrected chi connectivity index (χ0v) is 12.3. The summed E-state index contributed by atoms with van der Waals surface area (Å²) >= 11 is 0. The number of fused-ring (bicyclic) bond motifs is 1. The number of carbonyl (C=O) groups is 1. The molecule has 3 rings (SSSR count). The predicted octanol–water partition coefficient (Wildman–Crippen LogP) is 3.49. The molecule has 1 aromatic carbocycles. The van der Waals surface area contributed by atoms with Crippen LogP contribution in [0.15, 0.2) is 28.8 Å². The highest BCUT2D eigenvalue weighted by Crippen LogP contribution is 2.29. The standard InChI is InChI=1S/C16H19N3O2/c1-10-15(11(2)21-19-10)18-16(20)17-14-9-5-7-12-6-3-4-8-13(12)14/h3-4,6,8,14H,5,7,9H2,1-2H3,(H2,17,18,20). The van der Waals surface area contributed by atoms with Crippen LogP contribution in [0.1, 0.15) is 41.5 Å². The van der Waals surface area contributed by atoms with Gasteiger partial charge in [0.15, 0.2) is 5.76 Å². The lowest BCUT2D eigenvalue weighted by Crippen LogP contribution is -2.34. The molecular weight excluding hydrogens is 266 g/mol. The SMILES string of the molecule is Cc1noc(C)c1NC(=O)NC1CCCc2ccccc21. The molecule has 1 aliphatic rings. The van der Waals surface area contributed by atoms with E-state index >= 15 is 0 Å². The minimum absolute atomic E-state index is 0.0652. The predicted molar refractivity (Wildman–Crippen MR) is 80.3 cm³/mol. The monoisotopic (exact) mass is 285 g/mol. The first-order chi connectivity index (χ1) is 10.1. The van der Waals surface area contributed by atoms with Gasteiger partial charge >= 0.3 is 6.03 Å². The molecule has 1 unspecified atom stereocenters. The lowest BCUT2D eigenvalue weighted by atomic mass is 9.88. The summed E-state index contributed by atoms with van der Waals surface area (Å²) in [5.41, 5.74) is 3.88. The lowest BCUT2D eigenvalue weighted by Gasteiger charge is -2.26. The number of nitrogens with one attached hydrogen (secondary N) is 2. The highest BCUT2D eigenvalue weighted by molar-refractivity contribution is 5.90. The van der Waals surface area contributed by atoms with Gasteiger partial charge in [0.1, 0.15) is 11.4 Å². The molecule has 21 heavy (non-hydrogen) atoms. The minimum Gasteiger partial charge on any atom is -0.359 e. The van der Waals surface area contributed by atoms with E-state index in [0.29, 0.717) is 17.1 Å². The average Bonchev–Trinajstić information content (AvgIpc) is 2.79. The molecule has 2 N–H and O–H groups in total. The van der Waals surface area contributed by atoms with Crippen LogP contribution in [0.4, 0.5) is 10.5 Å².